The number of fused-ring (bicyclic) bond motifs is 1. The molecule has 4 heteroatoms. The molecule has 1 heterocycles. The van der Waals surface area contributed by atoms with Gasteiger partial charge in [0.2, 0.25) is 0 Å². The van der Waals surface area contributed by atoms with Gasteiger partial charge in [-0.3, -0.25) is 0 Å². The molecular formula is C10H7F2IS. The number of alkyl halides is 2. The van der Waals surface area contributed by atoms with E-state index < -0.39 is 6.43 Å². The number of thiophene rings is 1. The SMILES string of the molecule is Cc1cc(C(F)F)c2sccc2c1I. The molecule has 0 amide bonds. The zero-order valence-corrected chi connectivity index (χ0v) is 10.3. The summed E-state index contributed by atoms with van der Waals surface area (Å²) in [6.07, 6.45) is -2.38. The molecule has 0 radical (unpaired) electrons. The van der Waals surface area contributed by atoms with Crippen molar-refractivity contribution in [1.29, 1.82) is 0 Å². The minimum absolute atomic E-state index is 0.160. The molecule has 0 spiro atoms. The summed E-state index contributed by atoms with van der Waals surface area (Å²) in [5.41, 5.74) is 1.08. The van der Waals surface area contributed by atoms with Crippen LogP contribution in [0.25, 0.3) is 10.1 Å². The first kappa shape index (κ1) is 10.3. The van der Waals surface area contributed by atoms with Gasteiger partial charge in [0, 0.05) is 19.2 Å². The molecule has 0 bridgehead atoms. The Balaban J connectivity index is 2.84. The maximum atomic E-state index is 12.7. The van der Waals surface area contributed by atoms with E-state index in [4.69, 9.17) is 0 Å². The summed E-state index contributed by atoms with van der Waals surface area (Å²) in [6.45, 7) is 1.87. The predicted octanol–water partition coefficient (Wildman–Crippen LogP) is 4.75. The average molecular weight is 324 g/mol. The maximum Gasteiger partial charge on any atom is 0.265 e. The number of benzene rings is 1. The van der Waals surface area contributed by atoms with E-state index in [1.807, 2.05) is 18.4 Å². The van der Waals surface area contributed by atoms with E-state index in [0.717, 1.165) is 19.2 Å². The van der Waals surface area contributed by atoms with Crippen LogP contribution in [0.2, 0.25) is 0 Å². The second-order valence-electron chi connectivity index (χ2n) is 3.06. The third-order valence-corrected chi connectivity index (χ3v) is 4.51. The summed E-state index contributed by atoms with van der Waals surface area (Å²) in [4.78, 5) is 0. The van der Waals surface area contributed by atoms with E-state index in [1.54, 1.807) is 6.07 Å². The van der Waals surface area contributed by atoms with Crippen molar-refractivity contribution < 1.29 is 8.78 Å². The van der Waals surface area contributed by atoms with Crippen molar-refractivity contribution in [2.45, 2.75) is 13.3 Å². The molecule has 1 aromatic heterocycles. The van der Waals surface area contributed by atoms with Gasteiger partial charge < -0.3 is 0 Å². The summed E-state index contributed by atoms with van der Waals surface area (Å²) in [7, 11) is 0. The first-order chi connectivity index (χ1) is 6.61. The topological polar surface area (TPSA) is 0 Å². The molecule has 0 aliphatic carbocycles. The zero-order chi connectivity index (χ0) is 10.3. The van der Waals surface area contributed by atoms with E-state index >= 15 is 0 Å². The van der Waals surface area contributed by atoms with Crippen molar-refractivity contribution in [3.8, 4) is 0 Å². The van der Waals surface area contributed by atoms with Crippen molar-refractivity contribution in [2.75, 3.05) is 0 Å². The maximum absolute atomic E-state index is 12.7. The van der Waals surface area contributed by atoms with Crippen molar-refractivity contribution in [3.05, 3.63) is 32.2 Å². The molecule has 2 aromatic rings. The number of hydrogen-bond acceptors (Lipinski definition) is 1. The van der Waals surface area contributed by atoms with Crippen molar-refractivity contribution in [1.82, 2.24) is 0 Å². The van der Waals surface area contributed by atoms with E-state index in [9.17, 15) is 8.78 Å². The van der Waals surface area contributed by atoms with Gasteiger partial charge in [-0.1, -0.05) is 0 Å². The van der Waals surface area contributed by atoms with Crippen LogP contribution in [0.4, 0.5) is 8.78 Å². The monoisotopic (exact) mass is 324 g/mol. The van der Waals surface area contributed by atoms with E-state index in [0.29, 0.717) is 0 Å². The molecule has 0 atom stereocenters. The van der Waals surface area contributed by atoms with E-state index in [1.165, 1.54) is 11.3 Å². The molecule has 14 heavy (non-hydrogen) atoms. The molecule has 0 fully saturated rings. The molecule has 0 unspecified atom stereocenters. The number of rotatable bonds is 1. The quantitative estimate of drug-likeness (QED) is 0.664. The van der Waals surface area contributed by atoms with Crippen molar-refractivity contribution in [2.24, 2.45) is 0 Å². The summed E-state index contributed by atoms with van der Waals surface area (Å²) < 4.78 is 27.2. The van der Waals surface area contributed by atoms with Crippen LogP contribution in [-0.4, -0.2) is 0 Å². The van der Waals surface area contributed by atoms with Gasteiger partial charge in [0.1, 0.15) is 0 Å². The summed E-state index contributed by atoms with van der Waals surface area (Å²) >= 11 is 3.58. The highest BCUT2D eigenvalue weighted by atomic mass is 127. The molecule has 1 aromatic carbocycles. The first-order valence-corrected chi connectivity index (χ1v) is 6.01. The lowest BCUT2D eigenvalue weighted by molar-refractivity contribution is 0.153. The van der Waals surface area contributed by atoms with Crippen molar-refractivity contribution >= 4 is 44.0 Å². The van der Waals surface area contributed by atoms with Crippen LogP contribution in [0.3, 0.4) is 0 Å². The Morgan fingerprint density at radius 2 is 2.14 bits per heavy atom. The Hall–Kier alpha value is -0.230. The van der Waals surface area contributed by atoms with E-state index in [2.05, 4.69) is 22.6 Å². The normalized spacial score (nSPS) is 11.5. The summed E-state index contributed by atoms with van der Waals surface area (Å²) in [6, 6.07) is 3.49. The molecule has 0 aliphatic rings. The highest BCUT2D eigenvalue weighted by Gasteiger charge is 2.15. The van der Waals surface area contributed by atoms with Crippen LogP contribution >= 0.6 is 33.9 Å². The van der Waals surface area contributed by atoms with Gasteiger partial charge in [-0.2, -0.15) is 0 Å². The third kappa shape index (κ3) is 1.54. The standard InChI is InChI=1S/C10H7F2IS/c1-5-4-7(10(11)12)9-6(8(5)13)2-3-14-9/h2-4,10H,1H3. The van der Waals surface area contributed by atoms with Crippen LogP contribution in [0, 0.1) is 10.5 Å². The number of hydrogen-bond donors (Lipinski definition) is 0. The molecular weight excluding hydrogens is 317 g/mol. The van der Waals surface area contributed by atoms with Crippen LogP contribution in [-0.2, 0) is 0 Å². The fourth-order valence-corrected chi connectivity index (χ4v) is 3.15. The lowest BCUT2D eigenvalue weighted by Crippen LogP contribution is -1.89. The second kappa shape index (κ2) is 3.73. The van der Waals surface area contributed by atoms with Crippen LogP contribution in [0.5, 0.6) is 0 Å². The fraction of sp³-hybridized carbons (Fsp3) is 0.200. The minimum Gasteiger partial charge on any atom is -0.205 e. The molecule has 74 valence electrons. The molecule has 0 nitrogen and oxygen atoms in total. The van der Waals surface area contributed by atoms with Crippen LogP contribution in [0.1, 0.15) is 17.6 Å². The van der Waals surface area contributed by atoms with E-state index in [-0.39, 0.29) is 5.56 Å². The van der Waals surface area contributed by atoms with Gasteiger partial charge in [-0.25, -0.2) is 8.78 Å². The Morgan fingerprint density at radius 3 is 2.79 bits per heavy atom. The Labute approximate surface area is 98.1 Å². The predicted molar refractivity (Wildman–Crippen MR) is 64.2 cm³/mol. The Bertz CT molecular complexity index is 476. The van der Waals surface area contributed by atoms with Crippen LogP contribution < -0.4 is 0 Å². The highest BCUT2D eigenvalue weighted by Crippen LogP contribution is 2.36. The number of aryl methyl sites for hydroxylation is 1. The Morgan fingerprint density at radius 1 is 1.43 bits per heavy atom. The largest absolute Gasteiger partial charge is 0.265 e. The third-order valence-electron chi connectivity index (χ3n) is 2.12. The lowest BCUT2D eigenvalue weighted by atomic mass is 10.1. The first-order valence-electron chi connectivity index (χ1n) is 4.05. The summed E-state index contributed by atoms with van der Waals surface area (Å²) in [5, 5.41) is 2.81. The minimum atomic E-state index is -2.38. The summed E-state index contributed by atoms with van der Waals surface area (Å²) in [5.74, 6) is 0. The van der Waals surface area contributed by atoms with Gasteiger partial charge in [0.05, 0.1) is 0 Å². The molecule has 0 N–H and O–H groups in total. The van der Waals surface area contributed by atoms with Crippen molar-refractivity contribution in [3.63, 3.8) is 0 Å². The Kier molecular flexibility index (Phi) is 2.74. The fourth-order valence-electron chi connectivity index (χ4n) is 1.44. The van der Waals surface area contributed by atoms with Crippen LogP contribution in [0.15, 0.2) is 17.5 Å². The lowest BCUT2D eigenvalue weighted by Gasteiger charge is -2.06. The molecule has 0 aliphatic heterocycles. The van der Waals surface area contributed by atoms with Gasteiger partial charge >= 0.3 is 0 Å². The molecule has 0 saturated carbocycles. The molecule has 0 saturated heterocycles. The zero-order valence-electron chi connectivity index (χ0n) is 7.35. The second-order valence-corrected chi connectivity index (χ2v) is 5.06. The number of halogens is 3. The van der Waals surface area contributed by atoms with Gasteiger partial charge in [0.25, 0.3) is 6.43 Å². The average Bonchev–Trinajstić information content (AvgIpc) is 2.59. The van der Waals surface area contributed by atoms with Gasteiger partial charge in [-0.05, 0) is 52.6 Å². The smallest absolute Gasteiger partial charge is 0.205 e. The van der Waals surface area contributed by atoms with Gasteiger partial charge in [0.15, 0.2) is 0 Å². The highest BCUT2D eigenvalue weighted by molar-refractivity contribution is 14.1. The van der Waals surface area contributed by atoms with Gasteiger partial charge in [-0.15, -0.1) is 11.3 Å². The molecule has 2 rings (SSSR count).